The summed E-state index contributed by atoms with van der Waals surface area (Å²) in [6, 6.07) is 0. The van der Waals surface area contributed by atoms with Crippen molar-refractivity contribution in [1.29, 1.82) is 0 Å². The first-order valence-corrected chi connectivity index (χ1v) is 16.6. The van der Waals surface area contributed by atoms with Gasteiger partial charge in [-0.05, 0) is 64.7 Å². The van der Waals surface area contributed by atoms with Gasteiger partial charge in [0.25, 0.3) is 0 Å². The van der Waals surface area contributed by atoms with E-state index in [4.69, 9.17) is 9.47 Å². The first-order chi connectivity index (χ1) is 21.6. The molecule has 0 heterocycles. The number of Topliss-reactive ketones (excluding diaryl/α,β-unsaturated/α-hetero) is 1. The van der Waals surface area contributed by atoms with Crippen molar-refractivity contribution in [3.8, 4) is 0 Å². The maximum Gasteiger partial charge on any atom is 0.165 e. The van der Waals surface area contributed by atoms with Crippen LogP contribution in [0.3, 0.4) is 0 Å². The summed E-state index contributed by atoms with van der Waals surface area (Å²) in [6.07, 6.45) is 29.7. The van der Waals surface area contributed by atoms with Crippen LogP contribution in [0.2, 0.25) is 0 Å². The molecule has 0 spiro atoms. The number of aliphatic hydroxyl groups excluding tert-OH is 1. The summed E-state index contributed by atoms with van der Waals surface area (Å²) >= 11 is 0. The molecule has 2 aliphatic rings. The fourth-order valence-corrected chi connectivity index (χ4v) is 6.66. The van der Waals surface area contributed by atoms with Gasteiger partial charge in [0.15, 0.2) is 5.78 Å². The van der Waals surface area contributed by atoms with E-state index in [1.54, 1.807) is 14.2 Å². The van der Waals surface area contributed by atoms with Crippen LogP contribution in [0.4, 0.5) is 0 Å². The number of ether oxygens (including phenoxy) is 2. The predicted molar refractivity (Wildman–Crippen MR) is 196 cm³/mol. The van der Waals surface area contributed by atoms with Crippen molar-refractivity contribution in [3.63, 3.8) is 0 Å². The van der Waals surface area contributed by atoms with Crippen LogP contribution in [-0.2, 0) is 14.3 Å². The lowest BCUT2D eigenvalue weighted by atomic mass is 9.67. The van der Waals surface area contributed by atoms with Crippen LogP contribution < -0.4 is 0 Å². The zero-order chi connectivity index (χ0) is 34.5. The summed E-state index contributed by atoms with van der Waals surface area (Å²) in [4.78, 5) is 13.2. The Morgan fingerprint density at radius 3 is 1.98 bits per heavy atom. The lowest BCUT2D eigenvalue weighted by Crippen LogP contribution is -2.33. The normalized spacial score (nSPS) is 25.0. The van der Waals surface area contributed by atoms with Gasteiger partial charge in [0, 0.05) is 32.1 Å². The lowest BCUT2D eigenvalue weighted by molar-refractivity contribution is -0.115. The van der Waals surface area contributed by atoms with E-state index in [0.717, 1.165) is 28.7 Å². The number of hydrogen-bond donors (Lipinski definition) is 1. The van der Waals surface area contributed by atoms with Crippen LogP contribution in [0.15, 0.2) is 118 Å². The molecule has 2 rings (SSSR count). The van der Waals surface area contributed by atoms with Gasteiger partial charge in [-0.1, -0.05) is 140 Å². The molecule has 0 aromatic carbocycles. The third-order valence-corrected chi connectivity index (χ3v) is 9.18. The molecule has 0 aromatic heterocycles. The van der Waals surface area contributed by atoms with Crippen LogP contribution in [0, 0.1) is 16.7 Å². The molecule has 4 nitrogen and oxygen atoms in total. The minimum atomic E-state index is -0.336. The standard InChI is InChI=1S/C42H60O4/c1-30(18-14-19-32(3)22-23-38-34(5)25-37(46-11)28-42(38,8)9)16-12-13-17-31(2)20-15-21-35(29-45-10)40(44)26-39-33(4)24-36(43)27-41(39,6)7/h12-23,25,36-38,43H,24,26-29H2,1-11H3/b13-12+,18-14+,20-15+,23-22+,30-16+,31-17+,32-19+,35-21+. The van der Waals surface area contributed by atoms with Gasteiger partial charge in [-0.25, -0.2) is 0 Å². The fraction of sp³-hybridized carbons (Fsp3) is 0.500. The smallest absolute Gasteiger partial charge is 0.165 e. The maximum absolute atomic E-state index is 13.2. The summed E-state index contributed by atoms with van der Waals surface area (Å²) in [5, 5.41) is 10.2. The highest BCUT2D eigenvalue weighted by atomic mass is 16.5. The number of ketones is 1. The SMILES string of the molecule is COC\C(=C/C=C/C(C)=C/C=C/C=C(C)/C=C/C=C(C)/C=C/C1C(C)=CC(OC)CC1(C)C)C(=O)CC1=C(C)CC(O)CC1(C)C. The second-order valence-electron chi connectivity index (χ2n) is 14.5. The van der Waals surface area contributed by atoms with Crippen molar-refractivity contribution in [2.75, 3.05) is 20.8 Å². The van der Waals surface area contributed by atoms with E-state index in [0.29, 0.717) is 30.8 Å². The van der Waals surface area contributed by atoms with Crippen LogP contribution in [0.5, 0.6) is 0 Å². The summed E-state index contributed by atoms with van der Waals surface area (Å²) in [5.41, 5.74) is 7.73. The highest BCUT2D eigenvalue weighted by molar-refractivity contribution is 5.97. The van der Waals surface area contributed by atoms with E-state index < -0.39 is 0 Å². The van der Waals surface area contributed by atoms with Crippen molar-refractivity contribution >= 4 is 5.78 Å². The Bertz CT molecular complexity index is 1360. The zero-order valence-corrected chi connectivity index (χ0v) is 30.4. The molecule has 46 heavy (non-hydrogen) atoms. The lowest BCUT2D eigenvalue weighted by Gasteiger charge is -2.39. The molecule has 0 saturated carbocycles. The molecule has 3 atom stereocenters. The molecule has 2 aliphatic carbocycles. The summed E-state index contributed by atoms with van der Waals surface area (Å²) in [6.45, 7) is 19.7. The number of aliphatic hydroxyl groups is 1. The zero-order valence-electron chi connectivity index (χ0n) is 30.4. The third kappa shape index (κ3) is 12.6. The minimum Gasteiger partial charge on any atom is -0.393 e. The quantitative estimate of drug-likeness (QED) is 0.118. The number of carbonyl (C=O) groups is 1. The van der Waals surface area contributed by atoms with Gasteiger partial charge in [-0.3, -0.25) is 4.79 Å². The van der Waals surface area contributed by atoms with Gasteiger partial charge in [-0.15, -0.1) is 0 Å². The van der Waals surface area contributed by atoms with Crippen molar-refractivity contribution in [2.45, 2.75) is 100 Å². The monoisotopic (exact) mass is 628 g/mol. The van der Waals surface area contributed by atoms with Gasteiger partial charge in [0.1, 0.15) is 0 Å². The largest absolute Gasteiger partial charge is 0.393 e. The molecule has 0 radical (unpaired) electrons. The van der Waals surface area contributed by atoms with Gasteiger partial charge in [0.2, 0.25) is 0 Å². The Morgan fingerprint density at radius 2 is 1.43 bits per heavy atom. The molecule has 3 unspecified atom stereocenters. The summed E-state index contributed by atoms with van der Waals surface area (Å²) in [7, 11) is 3.40. The number of carbonyl (C=O) groups excluding carboxylic acids is 1. The Hall–Kier alpha value is -3.05. The molecular weight excluding hydrogens is 568 g/mol. The first-order valence-electron chi connectivity index (χ1n) is 16.6. The van der Waals surface area contributed by atoms with Crippen LogP contribution in [0.25, 0.3) is 0 Å². The number of hydrogen-bond acceptors (Lipinski definition) is 4. The molecule has 0 amide bonds. The molecule has 0 aromatic rings. The fourth-order valence-electron chi connectivity index (χ4n) is 6.66. The Morgan fingerprint density at radius 1 is 0.870 bits per heavy atom. The predicted octanol–water partition coefficient (Wildman–Crippen LogP) is 10.1. The van der Waals surface area contributed by atoms with E-state index >= 15 is 0 Å². The Balaban J connectivity index is 1.97. The molecule has 0 aliphatic heterocycles. The van der Waals surface area contributed by atoms with E-state index in [2.05, 4.69) is 91.0 Å². The van der Waals surface area contributed by atoms with Crippen molar-refractivity contribution < 1.29 is 19.4 Å². The van der Waals surface area contributed by atoms with E-state index in [1.807, 2.05) is 50.3 Å². The van der Waals surface area contributed by atoms with Crippen molar-refractivity contribution in [2.24, 2.45) is 16.7 Å². The van der Waals surface area contributed by atoms with Crippen molar-refractivity contribution in [1.82, 2.24) is 0 Å². The van der Waals surface area contributed by atoms with Gasteiger partial charge < -0.3 is 14.6 Å². The van der Waals surface area contributed by atoms with Crippen LogP contribution in [0.1, 0.15) is 88.0 Å². The van der Waals surface area contributed by atoms with Crippen LogP contribution >= 0.6 is 0 Å². The third-order valence-electron chi connectivity index (χ3n) is 9.18. The number of allylic oxidation sites excluding steroid dienone is 17. The number of methoxy groups -OCH3 is 2. The van der Waals surface area contributed by atoms with Crippen LogP contribution in [-0.4, -0.2) is 43.9 Å². The van der Waals surface area contributed by atoms with Gasteiger partial charge in [-0.2, -0.15) is 0 Å². The molecule has 0 saturated heterocycles. The van der Waals surface area contributed by atoms with Crippen molar-refractivity contribution in [3.05, 3.63) is 118 Å². The first kappa shape index (κ1) is 39.1. The van der Waals surface area contributed by atoms with Gasteiger partial charge in [0.05, 0.1) is 18.8 Å². The molecular formula is C42H60O4. The second kappa shape index (κ2) is 18.3. The molecule has 252 valence electrons. The average Bonchev–Trinajstić information content (AvgIpc) is 2.95. The molecule has 0 bridgehead atoms. The molecule has 1 N–H and O–H groups in total. The minimum absolute atomic E-state index is 0.0719. The number of rotatable bonds is 14. The Kier molecular flexibility index (Phi) is 15.6. The van der Waals surface area contributed by atoms with Gasteiger partial charge >= 0.3 is 0 Å². The highest BCUT2D eigenvalue weighted by Crippen LogP contribution is 2.43. The molecule has 0 fully saturated rings. The summed E-state index contributed by atoms with van der Waals surface area (Å²) < 4.78 is 10.9. The average molecular weight is 629 g/mol. The van der Waals surface area contributed by atoms with E-state index in [-0.39, 0.29) is 35.4 Å². The van der Waals surface area contributed by atoms with E-state index in [9.17, 15) is 9.90 Å². The second-order valence-corrected chi connectivity index (χ2v) is 14.5. The highest BCUT2D eigenvalue weighted by Gasteiger charge is 2.35. The Labute approximate surface area is 280 Å². The van der Waals surface area contributed by atoms with E-state index in [1.165, 1.54) is 11.1 Å². The maximum atomic E-state index is 13.2. The topological polar surface area (TPSA) is 55.8 Å². The molecule has 4 heteroatoms. The summed E-state index contributed by atoms with van der Waals surface area (Å²) in [5.74, 6) is 0.482.